The SMILES string of the molecule is CCCNC(=O)c1sc(NC(C)CC)cc1N. The maximum atomic E-state index is 11.8. The number of rotatable bonds is 6. The monoisotopic (exact) mass is 255 g/mol. The molecule has 0 aromatic carbocycles. The van der Waals surface area contributed by atoms with E-state index in [-0.39, 0.29) is 5.91 Å². The zero-order chi connectivity index (χ0) is 12.8. The minimum Gasteiger partial charge on any atom is -0.397 e. The van der Waals surface area contributed by atoms with Gasteiger partial charge in [-0.05, 0) is 25.8 Å². The summed E-state index contributed by atoms with van der Waals surface area (Å²) in [6.45, 7) is 6.93. The lowest BCUT2D eigenvalue weighted by molar-refractivity contribution is 0.0958. The van der Waals surface area contributed by atoms with Gasteiger partial charge in [0.1, 0.15) is 4.88 Å². The van der Waals surface area contributed by atoms with Crippen molar-refractivity contribution in [3.63, 3.8) is 0 Å². The van der Waals surface area contributed by atoms with Gasteiger partial charge >= 0.3 is 0 Å². The zero-order valence-electron chi connectivity index (χ0n) is 10.7. The van der Waals surface area contributed by atoms with E-state index < -0.39 is 0 Å². The van der Waals surface area contributed by atoms with Gasteiger partial charge in [0.25, 0.3) is 5.91 Å². The van der Waals surface area contributed by atoms with E-state index in [1.165, 1.54) is 11.3 Å². The first-order valence-corrected chi connectivity index (χ1v) is 6.84. The average Bonchev–Trinajstić information content (AvgIpc) is 2.67. The number of thiophene rings is 1. The maximum absolute atomic E-state index is 11.8. The van der Waals surface area contributed by atoms with E-state index in [4.69, 9.17) is 5.73 Å². The molecule has 4 nitrogen and oxygen atoms in total. The first kappa shape index (κ1) is 13.8. The van der Waals surface area contributed by atoms with Gasteiger partial charge in [0.15, 0.2) is 0 Å². The first-order valence-electron chi connectivity index (χ1n) is 6.02. The number of nitrogens with one attached hydrogen (secondary N) is 2. The van der Waals surface area contributed by atoms with E-state index in [9.17, 15) is 4.79 Å². The van der Waals surface area contributed by atoms with Gasteiger partial charge in [-0.3, -0.25) is 4.79 Å². The standard InChI is InChI=1S/C12H21N3OS/c1-4-6-14-12(16)11-9(13)7-10(17-11)15-8(3)5-2/h7-8,15H,4-6,13H2,1-3H3,(H,14,16). The Balaban J connectivity index is 2.70. The molecule has 1 rings (SSSR count). The van der Waals surface area contributed by atoms with Crippen LogP contribution in [0.5, 0.6) is 0 Å². The van der Waals surface area contributed by atoms with E-state index >= 15 is 0 Å². The molecule has 0 aliphatic rings. The Morgan fingerprint density at radius 2 is 2.24 bits per heavy atom. The van der Waals surface area contributed by atoms with Crippen LogP contribution in [0.1, 0.15) is 43.3 Å². The molecular weight excluding hydrogens is 234 g/mol. The third-order valence-corrected chi connectivity index (χ3v) is 3.58. The van der Waals surface area contributed by atoms with Crippen molar-refractivity contribution in [2.45, 2.75) is 39.7 Å². The highest BCUT2D eigenvalue weighted by Gasteiger charge is 2.14. The molecule has 0 aliphatic carbocycles. The van der Waals surface area contributed by atoms with E-state index in [1.807, 2.05) is 13.0 Å². The predicted octanol–water partition coefficient (Wildman–Crippen LogP) is 2.68. The van der Waals surface area contributed by atoms with Crippen LogP contribution >= 0.6 is 11.3 Å². The number of nitrogen functional groups attached to an aromatic ring is 1. The molecule has 0 aliphatic heterocycles. The third-order valence-electron chi connectivity index (χ3n) is 2.50. The summed E-state index contributed by atoms with van der Waals surface area (Å²) in [5, 5.41) is 7.11. The van der Waals surface area contributed by atoms with E-state index in [2.05, 4.69) is 24.5 Å². The van der Waals surface area contributed by atoms with Crippen molar-refractivity contribution in [3.05, 3.63) is 10.9 Å². The zero-order valence-corrected chi connectivity index (χ0v) is 11.5. The molecule has 1 amide bonds. The Morgan fingerprint density at radius 3 is 2.82 bits per heavy atom. The van der Waals surface area contributed by atoms with E-state index in [1.54, 1.807) is 0 Å². The Morgan fingerprint density at radius 1 is 1.53 bits per heavy atom. The molecule has 1 atom stereocenters. The van der Waals surface area contributed by atoms with Crippen LogP contribution in [0.2, 0.25) is 0 Å². The second kappa shape index (κ2) is 6.49. The smallest absolute Gasteiger partial charge is 0.263 e. The van der Waals surface area contributed by atoms with Crippen LogP contribution in [-0.4, -0.2) is 18.5 Å². The van der Waals surface area contributed by atoms with Gasteiger partial charge in [-0.2, -0.15) is 0 Å². The van der Waals surface area contributed by atoms with Gasteiger partial charge in [-0.1, -0.05) is 13.8 Å². The predicted molar refractivity (Wildman–Crippen MR) is 74.7 cm³/mol. The van der Waals surface area contributed by atoms with Crippen molar-refractivity contribution in [2.24, 2.45) is 0 Å². The molecule has 0 fully saturated rings. The minimum absolute atomic E-state index is 0.0773. The van der Waals surface area contributed by atoms with Crippen molar-refractivity contribution in [3.8, 4) is 0 Å². The summed E-state index contributed by atoms with van der Waals surface area (Å²) < 4.78 is 0. The molecule has 5 heteroatoms. The molecule has 17 heavy (non-hydrogen) atoms. The lowest BCUT2D eigenvalue weighted by Crippen LogP contribution is -2.23. The van der Waals surface area contributed by atoms with E-state index in [0.29, 0.717) is 23.2 Å². The summed E-state index contributed by atoms with van der Waals surface area (Å²) >= 11 is 1.41. The Labute approximate surface area is 107 Å². The molecule has 0 radical (unpaired) electrons. The largest absolute Gasteiger partial charge is 0.397 e. The molecule has 1 aromatic heterocycles. The van der Waals surface area contributed by atoms with Crippen LogP contribution in [0.15, 0.2) is 6.07 Å². The summed E-state index contributed by atoms with van der Waals surface area (Å²) in [4.78, 5) is 12.4. The fourth-order valence-electron chi connectivity index (χ4n) is 1.32. The Hall–Kier alpha value is -1.23. The van der Waals surface area contributed by atoms with Gasteiger partial charge in [0.2, 0.25) is 0 Å². The number of nitrogens with two attached hydrogens (primary N) is 1. The molecule has 0 saturated carbocycles. The lowest BCUT2D eigenvalue weighted by atomic mass is 10.3. The molecule has 0 bridgehead atoms. The van der Waals surface area contributed by atoms with Crippen LogP contribution in [0.25, 0.3) is 0 Å². The number of hydrogen-bond acceptors (Lipinski definition) is 4. The highest BCUT2D eigenvalue weighted by molar-refractivity contribution is 7.18. The summed E-state index contributed by atoms with van der Waals surface area (Å²) in [6.07, 6.45) is 1.96. The van der Waals surface area contributed by atoms with Crippen LogP contribution in [0, 0.1) is 0 Å². The van der Waals surface area contributed by atoms with Crippen molar-refractivity contribution < 1.29 is 4.79 Å². The molecule has 0 spiro atoms. The third kappa shape index (κ3) is 3.93. The number of hydrogen-bond donors (Lipinski definition) is 3. The second-order valence-electron chi connectivity index (χ2n) is 4.10. The van der Waals surface area contributed by atoms with Crippen molar-refractivity contribution in [1.82, 2.24) is 5.32 Å². The van der Waals surface area contributed by atoms with Gasteiger partial charge < -0.3 is 16.4 Å². The highest BCUT2D eigenvalue weighted by Crippen LogP contribution is 2.29. The van der Waals surface area contributed by atoms with Crippen LogP contribution < -0.4 is 16.4 Å². The van der Waals surface area contributed by atoms with E-state index in [0.717, 1.165) is 17.8 Å². The summed E-state index contributed by atoms with van der Waals surface area (Å²) in [6, 6.07) is 2.22. The summed E-state index contributed by atoms with van der Waals surface area (Å²) in [5.74, 6) is -0.0773. The molecule has 1 aromatic rings. The second-order valence-corrected chi connectivity index (χ2v) is 5.16. The first-order chi connectivity index (χ1) is 8.08. The number of anilines is 2. The van der Waals surface area contributed by atoms with Crippen LogP contribution in [0.4, 0.5) is 10.7 Å². The van der Waals surface area contributed by atoms with Crippen molar-refractivity contribution >= 4 is 27.9 Å². The molecular formula is C12H21N3OS. The summed E-state index contributed by atoms with van der Waals surface area (Å²) in [7, 11) is 0. The number of amides is 1. The highest BCUT2D eigenvalue weighted by atomic mass is 32.1. The molecule has 1 heterocycles. The Bertz CT molecular complexity index is 376. The quantitative estimate of drug-likeness (QED) is 0.732. The number of carbonyl (C=O) groups excluding carboxylic acids is 1. The molecule has 0 saturated heterocycles. The fraction of sp³-hybridized carbons (Fsp3) is 0.583. The van der Waals surface area contributed by atoms with Gasteiger partial charge in [-0.25, -0.2) is 0 Å². The summed E-state index contributed by atoms with van der Waals surface area (Å²) in [5.41, 5.74) is 6.39. The van der Waals surface area contributed by atoms with Crippen LogP contribution in [0.3, 0.4) is 0 Å². The molecule has 1 unspecified atom stereocenters. The average molecular weight is 255 g/mol. The van der Waals surface area contributed by atoms with Gasteiger partial charge in [0, 0.05) is 12.6 Å². The van der Waals surface area contributed by atoms with Crippen molar-refractivity contribution in [1.29, 1.82) is 0 Å². The van der Waals surface area contributed by atoms with Crippen LogP contribution in [-0.2, 0) is 0 Å². The fourth-order valence-corrected chi connectivity index (χ4v) is 2.32. The van der Waals surface area contributed by atoms with Gasteiger partial charge in [-0.15, -0.1) is 11.3 Å². The minimum atomic E-state index is -0.0773. The molecule has 96 valence electrons. The Kier molecular flexibility index (Phi) is 5.28. The van der Waals surface area contributed by atoms with Gasteiger partial charge in [0.05, 0.1) is 10.7 Å². The maximum Gasteiger partial charge on any atom is 0.263 e. The van der Waals surface area contributed by atoms with Crippen molar-refractivity contribution in [2.75, 3.05) is 17.6 Å². The lowest BCUT2D eigenvalue weighted by Gasteiger charge is -2.09. The topological polar surface area (TPSA) is 67.2 Å². The number of carbonyl (C=O) groups is 1. The molecule has 4 N–H and O–H groups in total. The normalized spacial score (nSPS) is 12.2.